The molecule has 1 aliphatic rings. The number of carbonyl (C=O) groups excluding carboxylic acids is 2. The number of nitrogens with zero attached hydrogens (tertiary/aromatic N) is 1. The van der Waals surface area contributed by atoms with Gasteiger partial charge in [0.15, 0.2) is 0 Å². The second-order valence-electron chi connectivity index (χ2n) is 3.94. The number of likely N-dealkylation sites (tertiary alicyclic amines) is 1. The van der Waals surface area contributed by atoms with Crippen LogP contribution in [0.2, 0.25) is 0 Å². The van der Waals surface area contributed by atoms with Crippen LogP contribution in [0.3, 0.4) is 0 Å². The zero-order valence-corrected chi connectivity index (χ0v) is 10.7. The Kier molecular flexibility index (Phi) is 4.57. The normalized spacial score (nSPS) is 23.4. The molecule has 0 spiro atoms. The molecule has 0 aromatic carbocycles. The van der Waals surface area contributed by atoms with Gasteiger partial charge in [-0.25, -0.2) is 0 Å². The van der Waals surface area contributed by atoms with Crippen molar-refractivity contribution in [3.8, 4) is 0 Å². The lowest BCUT2D eigenvalue weighted by atomic mass is 10.1. The Morgan fingerprint density at radius 1 is 1.53 bits per heavy atom. The molecule has 2 atom stereocenters. The van der Waals surface area contributed by atoms with Gasteiger partial charge < -0.3 is 10.2 Å². The molecule has 2 unspecified atom stereocenters. The summed E-state index contributed by atoms with van der Waals surface area (Å²) >= 11 is 3.27. The molecule has 15 heavy (non-hydrogen) atoms. The zero-order chi connectivity index (χ0) is 11.4. The number of halogens is 1. The van der Waals surface area contributed by atoms with Gasteiger partial charge in [-0.2, -0.15) is 0 Å². The van der Waals surface area contributed by atoms with E-state index in [4.69, 9.17) is 0 Å². The molecule has 1 heterocycles. The van der Waals surface area contributed by atoms with Gasteiger partial charge in [-0.15, -0.1) is 0 Å². The van der Waals surface area contributed by atoms with Crippen LogP contribution in [0.15, 0.2) is 0 Å². The summed E-state index contributed by atoms with van der Waals surface area (Å²) in [6, 6.07) is 0.117. The van der Waals surface area contributed by atoms with Crippen molar-refractivity contribution in [1.82, 2.24) is 10.2 Å². The molecule has 0 radical (unpaired) electrons. The number of piperidine rings is 1. The van der Waals surface area contributed by atoms with Crippen molar-refractivity contribution < 1.29 is 9.59 Å². The molecule has 1 N–H and O–H groups in total. The van der Waals surface area contributed by atoms with Crippen LogP contribution in [-0.4, -0.2) is 40.7 Å². The highest BCUT2D eigenvalue weighted by atomic mass is 79.9. The number of amides is 2. The maximum absolute atomic E-state index is 11.7. The molecule has 4 nitrogen and oxygen atoms in total. The molecule has 2 amide bonds. The van der Waals surface area contributed by atoms with Crippen molar-refractivity contribution in [1.29, 1.82) is 0 Å². The third-order valence-electron chi connectivity index (χ3n) is 2.48. The fraction of sp³-hybridized carbons (Fsp3) is 0.800. The Morgan fingerprint density at radius 2 is 2.20 bits per heavy atom. The summed E-state index contributed by atoms with van der Waals surface area (Å²) in [5.41, 5.74) is 0. The van der Waals surface area contributed by atoms with Crippen LogP contribution in [0.25, 0.3) is 0 Å². The van der Waals surface area contributed by atoms with Crippen LogP contribution in [0.5, 0.6) is 0 Å². The molecule has 86 valence electrons. The van der Waals surface area contributed by atoms with Gasteiger partial charge in [0.25, 0.3) is 0 Å². The Hall–Kier alpha value is -0.580. The van der Waals surface area contributed by atoms with Crippen molar-refractivity contribution in [3.63, 3.8) is 0 Å². The van der Waals surface area contributed by atoms with Crippen LogP contribution in [0.4, 0.5) is 0 Å². The fourth-order valence-corrected chi connectivity index (χ4v) is 2.12. The van der Waals surface area contributed by atoms with Crippen LogP contribution in [0.1, 0.15) is 26.7 Å². The van der Waals surface area contributed by atoms with Gasteiger partial charge in [0.05, 0.1) is 4.83 Å². The van der Waals surface area contributed by atoms with E-state index >= 15 is 0 Å². The molecule has 1 rings (SSSR count). The molecule has 1 fully saturated rings. The maximum Gasteiger partial charge on any atom is 0.236 e. The highest BCUT2D eigenvalue weighted by Gasteiger charge is 2.25. The van der Waals surface area contributed by atoms with Crippen molar-refractivity contribution in [2.24, 2.45) is 0 Å². The van der Waals surface area contributed by atoms with Gasteiger partial charge in [0.1, 0.15) is 0 Å². The van der Waals surface area contributed by atoms with E-state index in [1.807, 2.05) is 11.8 Å². The summed E-state index contributed by atoms with van der Waals surface area (Å²) in [6.45, 7) is 4.76. The first-order valence-electron chi connectivity index (χ1n) is 5.20. The standard InChI is InChI=1S/C10H17BrN2O2/c1-7(11)10(15)13-5-3-4-9(6-13)12-8(2)14/h7,9H,3-6H2,1-2H3,(H,12,14). The Labute approximate surface area is 98.5 Å². The summed E-state index contributed by atoms with van der Waals surface area (Å²) < 4.78 is 0. The lowest BCUT2D eigenvalue weighted by Crippen LogP contribution is -2.50. The van der Waals surface area contributed by atoms with E-state index in [0.717, 1.165) is 19.4 Å². The van der Waals surface area contributed by atoms with E-state index in [1.54, 1.807) is 0 Å². The summed E-state index contributed by atoms with van der Waals surface area (Å²) in [6.07, 6.45) is 1.91. The van der Waals surface area contributed by atoms with E-state index in [-0.39, 0.29) is 22.7 Å². The van der Waals surface area contributed by atoms with Crippen molar-refractivity contribution in [2.45, 2.75) is 37.6 Å². The van der Waals surface area contributed by atoms with E-state index in [2.05, 4.69) is 21.2 Å². The third kappa shape index (κ3) is 3.81. The molecule has 0 bridgehead atoms. The zero-order valence-electron chi connectivity index (χ0n) is 9.12. The molecule has 5 heteroatoms. The molecule has 0 aromatic rings. The molecule has 1 saturated heterocycles. The highest BCUT2D eigenvalue weighted by molar-refractivity contribution is 9.10. The minimum absolute atomic E-state index is 0.0267. The van der Waals surface area contributed by atoms with Crippen molar-refractivity contribution in [2.75, 3.05) is 13.1 Å². The van der Waals surface area contributed by atoms with Crippen LogP contribution < -0.4 is 5.32 Å². The average molecular weight is 277 g/mol. The number of alkyl halides is 1. The summed E-state index contributed by atoms with van der Waals surface area (Å²) in [5, 5.41) is 2.86. The molecular weight excluding hydrogens is 260 g/mol. The lowest BCUT2D eigenvalue weighted by molar-refractivity contribution is -0.132. The fourth-order valence-electron chi connectivity index (χ4n) is 1.83. The predicted octanol–water partition coefficient (Wildman–Crippen LogP) is 0.897. The summed E-state index contributed by atoms with van der Waals surface area (Å²) in [7, 11) is 0. The largest absolute Gasteiger partial charge is 0.352 e. The molecule has 0 aliphatic carbocycles. The number of rotatable bonds is 2. The first-order valence-corrected chi connectivity index (χ1v) is 6.12. The second-order valence-corrected chi connectivity index (χ2v) is 5.31. The van der Waals surface area contributed by atoms with E-state index in [9.17, 15) is 9.59 Å². The van der Waals surface area contributed by atoms with E-state index < -0.39 is 0 Å². The van der Waals surface area contributed by atoms with E-state index in [1.165, 1.54) is 6.92 Å². The summed E-state index contributed by atoms with van der Waals surface area (Å²) in [5.74, 6) is 0.0752. The maximum atomic E-state index is 11.7. The first kappa shape index (κ1) is 12.5. The predicted molar refractivity (Wildman–Crippen MR) is 61.8 cm³/mol. The summed E-state index contributed by atoms with van der Waals surface area (Å²) in [4.78, 5) is 24.3. The topological polar surface area (TPSA) is 49.4 Å². The van der Waals surface area contributed by atoms with Gasteiger partial charge in [0, 0.05) is 26.1 Å². The van der Waals surface area contributed by atoms with Crippen molar-refractivity contribution >= 4 is 27.7 Å². The van der Waals surface area contributed by atoms with Gasteiger partial charge >= 0.3 is 0 Å². The van der Waals surface area contributed by atoms with Crippen LogP contribution >= 0.6 is 15.9 Å². The van der Waals surface area contributed by atoms with Gasteiger partial charge in [-0.3, -0.25) is 9.59 Å². The molecule has 1 aliphatic heterocycles. The second kappa shape index (κ2) is 5.49. The van der Waals surface area contributed by atoms with Gasteiger partial charge in [-0.05, 0) is 19.8 Å². The van der Waals surface area contributed by atoms with Crippen LogP contribution in [-0.2, 0) is 9.59 Å². The third-order valence-corrected chi connectivity index (χ3v) is 2.87. The number of hydrogen-bond donors (Lipinski definition) is 1. The van der Waals surface area contributed by atoms with E-state index in [0.29, 0.717) is 6.54 Å². The Bertz CT molecular complexity index is 256. The smallest absolute Gasteiger partial charge is 0.236 e. The quantitative estimate of drug-likeness (QED) is 0.762. The van der Waals surface area contributed by atoms with Crippen LogP contribution in [0, 0.1) is 0 Å². The van der Waals surface area contributed by atoms with Gasteiger partial charge in [0.2, 0.25) is 11.8 Å². The minimum Gasteiger partial charge on any atom is -0.352 e. The molecular formula is C10H17BrN2O2. The number of hydrogen-bond acceptors (Lipinski definition) is 2. The Morgan fingerprint density at radius 3 is 2.73 bits per heavy atom. The Balaban J connectivity index is 2.48. The van der Waals surface area contributed by atoms with Crippen molar-refractivity contribution in [3.05, 3.63) is 0 Å². The number of nitrogens with one attached hydrogen (secondary N) is 1. The molecule has 0 aromatic heterocycles. The lowest BCUT2D eigenvalue weighted by Gasteiger charge is -2.33. The minimum atomic E-state index is -0.145. The monoisotopic (exact) mass is 276 g/mol. The highest BCUT2D eigenvalue weighted by Crippen LogP contribution is 2.13. The molecule has 0 saturated carbocycles. The number of carbonyl (C=O) groups is 2. The van der Waals surface area contributed by atoms with Gasteiger partial charge in [-0.1, -0.05) is 15.9 Å². The average Bonchev–Trinajstić information content (AvgIpc) is 2.16. The SMILES string of the molecule is CC(=O)NC1CCCN(C(=O)C(C)Br)C1. The first-order chi connectivity index (χ1) is 7.00.